The first-order chi connectivity index (χ1) is 5.52. The second-order valence-corrected chi connectivity index (χ2v) is 3.83. The summed E-state index contributed by atoms with van der Waals surface area (Å²) in [5.74, 6) is 0.692. The topological polar surface area (TPSA) is 30.9 Å². The van der Waals surface area contributed by atoms with Crippen LogP contribution in [0.5, 0.6) is 0 Å². The normalized spacial score (nSPS) is 11.1. The van der Waals surface area contributed by atoms with E-state index in [1.54, 1.807) is 0 Å². The summed E-state index contributed by atoms with van der Waals surface area (Å²) in [4.78, 5) is 0. The molecule has 0 saturated heterocycles. The molecule has 0 fully saturated rings. The second kappa shape index (κ2) is 3.21. The van der Waals surface area contributed by atoms with E-state index in [9.17, 15) is 0 Å². The van der Waals surface area contributed by atoms with Crippen molar-refractivity contribution in [2.24, 2.45) is 13.0 Å². The minimum absolute atomic E-state index is 0.692. The van der Waals surface area contributed by atoms with Crippen LogP contribution in [-0.4, -0.2) is 4.57 Å². The number of nitrogens with two attached hydrogens (primary N) is 1. The van der Waals surface area contributed by atoms with Crippen molar-refractivity contribution in [3.05, 3.63) is 17.5 Å². The molecule has 2 nitrogen and oxygen atoms in total. The molecule has 0 saturated carbocycles. The van der Waals surface area contributed by atoms with E-state index in [2.05, 4.69) is 38.5 Å². The zero-order valence-electron chi connectivity index (χ0n) is 8.39. The maximum Gasteiger partial charge on any atom is 0.0526 e. The minimum Gasteiger partial charge on any atom is -0.397 e. The average molecular weight is 166 g/mol. The van der Waals surface area contributed by atoms with E-state index in [1.165, 1.54) is 11.4 Å². The average Bonchev–Trinajstić information content (AvgIpc) is 2.17. The molecule has 1 aromatic heterocycles. The maximum atomic E-state index is 5.80. The first-order valence-electron chi connectivity index (χ1n) is 4.43. The van der Waals surface area contributed by atoms with E-state index in [4.69, 9.17) is 5.73 Å². The highest BCUT2D eigenvalue weighted by atomic mass is 15.0. The molecule has 0 amide bonds. The summed E-state index contributed by atoms with van der Waals surface area (Å²) >= 11 is 0. The van der Waals surface area contributed by atoms with Gasteiger partial charge < -0.3 is 10.3 Å². The summed E-state index contributed by atoms with van der Waals surface area (Å²) in [5, 5.41) is 0. The van der Waals surface area contributed by atoms with Crippen molar-refractivity contribution < 1.29 is 0 Å². The van der Waals surface area contributed by atoms with Gasteiger partial charge >= 0.3 is 0 Å². The lowest BCUT2D eigenvalue weighted by Gasteiger charge is -2.06. The molecule has 1 heterocycles. The molecule has 2 N–H and O–H groups in total. The fraction of sp³-hybridized carbons (Fsp3) is 0.600. The van der Waals surface area contributed by atoms with Crippen molar-refractivity contribution in [1.29, 1.82) is 0 Å². The molecule has 0 unspecified atom stereocenters. The smallest absolute Gasteiger partial charge is 0.0526 e. The van der Waals surface area contributed by atoms with Gasteiger partial charge in [0.25, 0.3) is 0 Å². The Morgan fingerprint density at radius 3 is 2.42 bits per heavy atom. The Hall–Kier alpha value is -0.920. The van der Waals surface area contributed by atoms with Gasteiger partial charge in [-0.15, -0.1) is 0 Å². The molecular weight excluding hydrogens is 148 g/mol. The first kappa shape index (κ1) is 9.17. The Morgan fingerprint density at radius 2 is 2.08 bits per heavy atom. The van der Waals surface area contributed by atoms with Gasteiger partial charge in [0.2, 0.25) is 0 Å². The molecule has 0 aliphatic carbocycles. The lowest BCUT2D eigenvalue weighted by molar-refractivity contribution is 0.613. The Balaban J connectivity index is 2.93. The van der Waals surface area contributed by atoms with Gasteiger partial charge in [-0.25, -0.2) is 0 Å². The fourth-order valence-electron chi connectivity index (χ4n) is 1.40. The van der Waals surface area contributed by atoms with Crippen molar-refractivity contribution in [1.82, 2.24) is 4.57 Å². The summed E-state index contributed by atoms with van der Waals surface area (Å²) in [6.45, 7) is 6.50. The predicted molar refractivity (Wildman–Crippen MR) is 53.1 cm³/mol. The minimum atomic E-state index is 0.692. The highest BCUT2D eigenvalue weighted by molar-refractivity contribution is 5.46. The predicted octanol–water partition coefficient (Wildman–Crippen LogP) is 2.11. The van der Waals surface area contributed by atoms with Crippen LogP contribution >= 0.6 is 0 Å². The quantitative estimate of drug-likeness (QED) is 0.716. The molecular formula is C10H18N2. The van der Waals surface area contributed by atoms with Crippen LogP contribution in [0.25, 0.3) is 0 Å². The number of nitrogen functional groups attached to an aromatic ring is 1. The van der Waals surface area contributed by atoms with E-state index in [-0.39, 0.29) is 0 Å². The van der Waals surface area contributed by atoms with Gasteiger partial charge in [0.05, 0.1) is 5.69 Å². The van der Waals surface area contributed by atoms with Crippen molar-refractivity contribution in [2.75, 3.05) is 5.73 Å². The van der Waals surface area contributed by atoms with Crippen molar-refractivity contribution in [2.45, 2.75) is 27.2 Å². The maximum absolute atomic E-state index is 5.80. The van der Waals surface area contributed by atoms with Gasteiger partial charge in [0.15, 0.2) is 0 Å². The van der Waals surface area contributed by atoms with Gasteiger partial charge in [0, 0.05) is 18.4 Å². The lowest BCUT2D eigenvalue weighted by atomic mass is 10.1. The molecule has 2 heteroatoms. The Labute approximate surface area is 74.4 Å². The van der Waals surface area contributed by atoms with Crippen LogP contribution in [-0.2, 0) is 13.5 Å². The molecule has 0 aliphatic rings. The number of aromatic nitrogens is 1. The molecule has 12 heavy (non-hydrogen) atoms. The molecule has 0 radical (unpaired) electrons. The second-order valence-electron chi connectivity index (χ2n) is 3.83. The van der Waals surface area contributed by atoms with E-state index >= 15 is 0 Å². The molecule has 0 atom stereocenters. The zero-order chi connectivity index (χ0) is 9.30. The van der Waals surface area contributed by atoms with Gasteiger partial charge in [-0.3, -0.25) is 0 Å². The van der Waals surface area contributed by atoms with Gasteiger partial charge in [-0.2, -0.15) is 0 Å². The number of rotatable bonds is 2. The summed E-state index contributed by atoms with van der Waals surface area (Å²) < 4.78 is 2.18. The Bertz CT molecular complexity index is 272. The van der Waals surface area contributed by atoms with E-state index in [0.29, 0.717) is 5.92 Å². The molecule has 0 bridgehead atoms. The van der Waals surface area contributed by atoms with E-state index in [0.717, 1.165) is 12.1 Å². The summed E-state index contributed by atoms with van der Waals surface area (Å²) in [7, 11) is 2.07. The van der Waals surface area contributed by atoms with Crippen molar-refractivity contribution >= 4 is 5.69 Å². The van der Waals surface area contributed by atoms with Gasteiger partial charge in [-0.1, -0.05) is 13.8 Å². The Morgan fingerprint density at radius 1 is 1.50 bits per heavy atom. The monoisotopic (exact) mass is 166 g/mol. The summed E-state index contributed by atoms with van der Waals surface area (Å²) in [6.07, 6.45) is 1.11. The standard InChI is InChI=1S/C10H18N2/c1-7(2)5-9-6-10(11)8(3)12(9)4/h6-7H,5,11H2,1-4H3. The highest BCUT2D eigenvalue weighted by Gasteiger charge is 2.06. The van der Waals surface area contributed by atoms with Crippen molar-refractivity contribution in [3.63, 3.8) is 0 Å². The summed E-state index contributed by atoms with van der Waals surface area (Å²) in [6, 6.07) is 2.08. The lowest BCUT2D eigenvalue weighted by Crippen LogP contribution is -2.02. The van der Waals surface area contributed by atoms with Crippen LogP contribution in [0.2, 0.25) is 0 Å². The third-order valence-corrected chi connectivity index (χ3v) is 2.29. The summed E-state index contributed by atoms with van der Waals surface area (Å²) in [5.41, 5.74) is 9.21. The zero-order valence-corrected chi connectivity index (χ0v) is 8.39. The highest BCUT2D eigenvalue weighted by Crippen LogP contribution is 2.18. The van der Waals surface area contributed by atoms with Crippen LogP contribution in [0.1, 0.15) is 25.2 Å². The van der Waals surface area contributed by atoms with E-state index in [1.807, 2.05) is 0 Å². The third-order valence-electron chi connectivity index (χ3n) is 2.29. The Kier molecular flexibility index (Phi) is 2.46. The van der Waals surface area contributed by atoms with Gasteiger partial charge in [0.1, 0.15) is 0 Å². The SMILES string of the molecule is Cc1c(N)cc(CC(C)C)n1C. The van der Waals surface area contributed by atoms with Gasteiger partial charge in [-0.05, 0) is 25.3 Å². The molecule has 0 aromatic carbocycles. The van der Waals surface area contributed by atoms with Crippen molar-refractivity contribution in [3.8, 4) is 0 Å². The molecule has 0 aliphatic heterocycles. The van der Waals surface area contributed by atoms with E-state index < -0.39 is 0 Å². The largest absolute Gasteiger partial charge is 0.397 e. The number of nitrogens with zero attached hydrogens (tertiary/aromatic N) is 1. The van der Waals surface area contributed by atoms with Crippen LogP contribution in [0, 0.1) is 12.8 Å². The molecule has 0 spiro atoms. The first-order valence-corrected chi connectivity index (χ1v) is 4.43. The van der Waals surface area contributed by atoms with Crippen LogP contribution in [0.4, 0.5) is 5.69 Å². The fourth-order valence-corrected chi connectivity index (χ4v) is 1.40. The molecule has 1 rings (SSSR count). The molecule has 68 valence electrons. The molecule has 1 aromatic rings. The third kappa shape index (κ3) is 1.63. The number of hydrogen-bond donors (Lipinski definition) is 1. The number of hydrogen-bond acceptors (Lipinski definition) is 1. The number of anilines is 1. The van der Waals surface area contributed by atoms with Crippen LogP contribution in [0.3, 0.4) is 0 Å². The van der Waals surface area contributed by atoms with Crippen LogP contribution in [0.15, 0.2) is 6.07 Å². The van der Waals surface area contributed by atoms with Crippen LogP contribution < -0.4 is 5.73 Å².